The molecule has 0 aromatic carbocycles. The van der Waals surface area contributed by atoms with Gasteiger partial charge in [-0.25, -0.2) is 0 Å². The number of thiocarbonyl (C=S) groups is 1. The lowest BCUT2D eigenvalue weighted by Crippen LogP contribution is -2.28. The molecule has 5 heteroatoms. The van der Waals surface area contributed by atoms with Crippen molar-refractivity contribution >= 4 is 56.8 Å². The highest BCUT2D eigenvalue weighted by molar-refractivity contribution is 14.1. The monoisotopic (exact) mass is 467 g/mol. The van der Waals surface area contributed by atoms with Gasteiger partial charge in [-0.1, -0.05) is 77.0 Å². The van der Waals surface area contributed by atoms with Gasteiger partial charge in [0, 0.05) is 16.4 Å². The van der Waals surface area contributed by atoms with Crippen molar-refractivity contribution in [2.45, 2.75) is 30.1 Å². The molecule has 3 aliphatic carbocycles. The molecule has 0 aromatic rings. The van der Waals surface area contributed by atoms with Crippen molar-refractivity contribution in [3.05, 3.63) is 57.6 Å². The molecule has 1 amide bonds. The molecule has 0 bridgehead atoms. The topological polar surface area (TPSA) is 20.3 Å². The quantitative estimate of drug-likeness (QED) is 0.232. The van der Waals surface area contributed by atoms with Crippen LogP contribution in [-0.2, 0) is 4.79 Å². The van der Waals surface area contributed by atoms with Crippen molar-refractivity contribution in [2.75, 3.05) is 6.54 Å². The van der Waals surface area contributed by atoms with E-state index in [9.17, 15) is 4.79 Å². The molecular weight excluding hydrogens is 449 g/mol. The predicted octanol–water partition coefficient (Wildman–Crippen LogP) is 5.09. The molecule has 4 rings (SSSR count). The molecule has 2 atom stereocenters. The van der Waals surface area contributed by atoms with Gasteiger partial charge in [0.2, 0.25) is 0 Å². The van der Waals surface area contributed by atoms with Crippen LogP contribution in [0, 0.1) is 5.92 Å². The number of halogens is 1. The van der Waals surface area contributed by atoms with E-state index in [1.165, 1.54) is 34.1 Å². The number of alkyl halides is 1. The summed E-state index contributed by atoms with van der Waals surface area (Å²) in [6, 6.07) is 0. The van der Waals surface area contributed by atoms with Crippen LogP contribution < -0.4 is 0 Å². The molecular formula is C19H18INOS2. The van der Waals surface area contributed by atoms with E-state index >= 15 is 0 Å². The number of amides is 1. The second kappa shape index (κ2) is 6.57. The smallest absolute Gasteiger partial charge is 0.266 e. The third-order valence-electron chi connectivity index (χ3n) is 4.98. The van der Waals surface area contributed by atoms with E-state index in [2.05, 4.69) is 53.0 Å². The number of fused-ring (bicyclic) bond motifs is 2. The summed E-state index contributed by atoms with van der Waals surface area (Å²) >= 11 is 9.40. The Balaban J connectivity index is 1.79. The van der Waals surface area contributed by atoms with Gasteiger partial charge in [-0.15, -0.1) is 0 Å². The van der Waals surface area contributed by atoms with Crippen LogP contribution in [0.2, 0.25) is 0 Å². The van der Waals surface area contributed by atoms with E-state index in [-0.39, 0.29) is 5.91 Å². The van der Waals surface area contributed by atoms with Gasteiger partial charge in [-0.3, -0.25) is 9.69 Å². The molecule has 1 saturated heterocycles. The van der Waals surface area contributed by atoms with Crippen molar-refractivity contribution in [3.8, 4) is 0 Å². The van der Waals surface area contributed by atoms with E-state index in [0.717, 1.165) is 24.2 Å². The summed E-state index contributed by atoms with van der Waals surface area (Å²) in [5.74, 6) is 0.513. The maximum Gasteiger partial charge on any atom is 0.266 e. The molecule has 2 nitrogen and oxygen atoms in total. The van der Waals surface area contributed by atoms with Gasteiger partial charge in [0.25, 0.3) is 5.91 Å². The Morgan fingerprint density at radius 1 is 1.42 bits per heavy atom. The summed E-state index contributed by atoms with van der Waals surface area (Å²) in [6.45, 7) is 2.63. The molecule has 4 aliphatic rings. The highest BCUT2D eigenvalue weighted by Gasteiger charge is 2.36. The van der Waals surface area contributed by atoms with Crippen LogP contribution in [0.25, 0.3) is 0 Å². The standard InChI is InChI=1S/C19H18INOS2/c1-2-21-18(22)17(24-19(21)23)13-7-3-5-11-9-12-6-4-8-16(20)15(12)10-14(11)13/h4,6,8-10,15-16H,2-3,5,7H2,1H3/b17-13+. The lowest BCUT2D eigenvalue weighted by molar-refractivity contribution is -0.122. The third kappa shape index (κ3) is 2.69. The molecule has 1 saturated carbocycles. The lowest BCUT2D eigenvalue weighted by atomic mass is 9.75. The van der Waals surface area contributed by atoms with Crippen LogP contribution in [0.3, 0.4) is 0 Å². The Kier molecular flexibility index (Phi) is 4.60. The highest BCUT2D eigenvalue weighted by atomic mass is 127. The molecule has 1 aliphatic heterocycles. The van der Waals surface area contributed by atoms with E-state index in [0.29, 0.717) is 20.7 Å². The van der Waals surface area contributed by atoms with Crippen LogP contribution in [0.5, 0.6) is 0 Å². The van der Waals surface area contributed by atoms with Crippen LogP contribution in [-0.4, -0.2) is 25.6 Å². The average Bonchev–Trinajstić information content (AvgIpc) is 2.87. The molecule has 1 heterocycles. The number of hydrogen-bond acceptors (Lipinski definition) is 3. The highest BCUT2D eigenvalue weighted by Crippen LogP contribution is 2.47. The fourth-order valence-corrected chi connectivity index (χ4v) is 6.12. The summed E-state index contributed by atoms with van der Waals surface area (Å²) in [7, 11) is 0. The molecule has 2 fully saturated rings. The number of allylic oxidation sites excluding steroid dienone is 9. The average molecular weight is 467 g/mol. The minimum absolute atomic E-state index is 0.0977. The first-order valence-corrected chi connectivity index (χ1v) is 10.8. The predicted molar refractivity (Wildman–Crippen MR) is 113 cm³/mol. The summed E-state index contributed by atoms with van der Waals surface area (Å²) < 4.78 is 1.17. The Morgan fingerprint density at radius 2 is 2.25 bits per heavy atom. The van der Waals surface area contributed by atoms with Gasteiger partial charge in [-0.05, 0) is 48.5 Å². The number of carbonyl (C=O) groups is 1. The second-order valence-electron chi connectivity index (χ2n) is 6.35. The van der Waals surface area contributed by atoms with Gasteiger partial charge < -0.3 is 0 Å². The maximum atomic E-state index is 12.8. The van der Waals surface area contributed by atoms with Crippen molar-refractivity contribution in [2.24, 2.45) is 5.92 Å². The van der Waals surface area contributed by atoms with Crippen LogP contribution in [0.15, 0.2) is 57.6 Å². The third-order valence-corrected chi connectivity index (χ3v) is 7.66. The second-order valence-corrected chi connectivity index (χ2v) is 9.43. The SMILES string of the molecule is CCN1C(=O)/C(=C2/CCCC3=CC4=CC=CC(I)C4C=C32)SC1=S. The van der Waals surface area contributed by atoms with Crippen LogP contribution in [0.4, 0.5) is 0 Å². The molecule has 0 radical (unpaired) electrons. The Labute approximate surface area is 166 Å². The first-order chi connectivity index (χ1) is 11.6. The molecule has 0 aromatic heterocycles. The largest absolute Gasteiger partial charge is 0.293 e. The van der Waals surface area contributed by atoms with E-state index in [1.807, 2.05) is 6.92 Å². The maximum absolute atomic E-state index is 12.8. The Hall–Kier alpha value is -0.660. The Bertz CT molecular complexity index is 787. The first-order valence-electron chi connectivity index (χ1n) is 8.32. The number of likely N-dealkylation sites (N-methyl/N-ethyl adjacent to an activating group) is 1. The molecule has 124 valence electrons. The fourth-order valence-electron chi connectivity index (χ4n) is 3.77. The van der Waals surface area contributed by atoms with Crippen molar-refractivity contribution < 1.29 is 4.79 Å². The summed E-state index contributed by atoms with van der Waals surface area (Å²) in [5, 5.41) is 0. The van der Waals surface area contributed by atoms with Gasteiger partial charge in [0.15, 0.2) is 0 Å². The van der Waals surface area contributed by atoms with Gasteiger partial charge in [-0.2, -0.15) is 0 Å². The zero-order valence-electron chi connectivity index (χ0n) is 13.4. The summed E-state index contributed by atoms with van der Waals surface area (Å²) in [6.07, 6.45) is 14.6. The zero-order valence-corrected chi connectivity index (χ0v) is 17.2. The first kappa shape index (κ1) is 16.8. The Morgan fingerprint density at radius 3 is 3.00 bits per heavy atom. The summed E-state index contributed by atoms with van der Waals surface area (Å²) in [4.78, 5) is 15.3. The lowest BCUT2D eigenvalue weighted by Gasteiger charge is -2.32. The number of carbonyl (C=O) groups excluding carboxylic acids is 1. The number of hydrogen-bond donors (Lipinski definition) is 0. The molecule has 0 N–H and O–H groups in total. The molecule has 0 spiro atoms. The fraction of sp³-hybridized carbons (Fsp3) is 0.368. The van der Waals surface area contributed by atoms with Crippen molar-refractivity contribution in [1.29, 1.82) is 0 Å². The minimum atomic E-state index is 0.0977. The molecule has 24 heavy (non-hydrogen) atoms. The van der Waals surface area contributed by atoms with E-state index in [4.69, 9.17) is 12.2 Å². The van der Waals surface area contributed by atoms with Crippen molar-refractivity contribution in [3.63, 3.8) is 0 Å². The molecule has 2 unspecified atom stereocenters. The van der Waals surface area contributed by atoms with Crippen molar-refractivity contribution in [1.82, 2.24) is 4.90 Å². The van der Waals surface area contributed by atoms with E-state index in [1.54, 1.807) is 4.90 Å². The van der Waals surface area contributed by atoms with Gasteiger partial charge in [0.1, 0.15) is 4.32 Å². The van der Waals surface area contributed by atoms with E-state index < -0.39 is 0 Å². The normalized spacial score (nSPS) is 32.2. The summed E-state index contributed by atoms with van der Waals surface area (Å²) in [5.41, 5.74) is 5.31. The van der Waals surface area contributed by atoms with Crippen LogP contribution in [0.1, 0.15) is 26.2 Å². The number of nitrogens with zero attached hydrogens (tertiary/aromatic N) is 1. The minimum Gasteiger partial charge on any atom is -0.293 e. The van der Waals surface area contributed by atoms with Crippen LogP contribution >= 0.6 is 46.6 Å². The number of rotatable bonds is 1. The van der Waals surface area contributed by atoms with Gasteiger partial charge in [0.05, 0.1) is 4.91 Å². The number of thioether (sulfide) groups is 1. The zero-order chi connectivity index (χ0) is 16.8. The van der Waals surface area contributed by atoms with Gasteiger partial charge >= 0.3 is 0 Å².